The van der Waals surface area contributed by atoms with Gasteiger partial charge in [-0.2, -0.15) is 0 Å². The predicted octanol–water partition coefficient (Wildman–Crippen LogP) is 3.18. The molecule has 0 bridgehead atoms. The van der Waals surface area contributed by atoms with Crippen LogP contribution in [0.3, 0.4) is 0 Å². The van der Waals surface area contributed by atoms with Crippen LogP contribution in [0, 0.1) is 17.0 Å². The quantitative estimate of drug-likeness (QED) is 0.588. The first kappa shape index (κ1) is 20.4. The summed E-state index contributed by atoms with van der Waals surface area (Å²) in [6.45, 7) is 7.17. The van der Waals surface area contributed by atoms with Crippen molar-refractivity contribution in [3.8, 4) is 5.75 Å². The minimum absolute atomic E-state index is 0.00707. The number of β-amino-alcohol motifs (C(OH)–C–C–N with tert-alkyl or cyclic N) is 1. The van der Waals surface area contributed by atoms with Gasteiger partial charge in [0.1, 0.15) is 19.0 Å². The molecular formula is C19H24N2O6. The van der Waals surface area contributed by atoms with E-state index in [9.17, 15) is 20.0 Å². The molecule has 1 unspecified atom stereocenters. The van der Waals surface area contributed by atoms with E-state index in [-0.39, 0.29) is 30.5 Å². The van der Waals surface area contributed by atoms with Crippen LogP contribution in [-0.4, -0.2) is 45.6 Å². The van der Waals surface area contributed by atoms with E-state index >= 15 is 0 Å². The lowest BCUT2D eigenvalue weighted by Crippen LogP contribution is -2.50. The van der Waals surface area contributed by atoms with Gasteiger partial charge < -0.3 is 19.2 Å². The van der Waals surface area contributed by atoms with E-state index in [1.807, 2.05) is 20.8 Å². The number of ether oxygens (including phenoxy) is 1. The van der Waals surface area contributed by atoms with Crippen molar-refractivity contribution >= 4 is 11.6 Å². The zero-order chi connectivity index (χ0) is 20.2. The summed E-state index contributed by atoms with van der Waals surface area (Å²) in [5, 5.41) is 21.5. The van der Waals surface area contributed by atoms with Crippen LogP contribution in [0.5, 0.6) is 5.75 Å². The highest BCUT2D eigenvalue weighted by Gasteiger charge is 2.30. The highest BCUT2D eigenvalue weighted by molar-refractivity contribution is 5.94. The SMILES string of the molecule is Cc1ccc([N+](=O)[O-])c(OCC(O)CN(C(=O)c2ccoc2)C(C)(C)C)c1. The minimum Gasteiger partial charge on any atom is -0.484 e. The number of aliphatic hydroxyl groups is 1. The lowest BCUT2D eigenvalue weighted by atomic mass is 10.0. The second-order valence-electron chi connectivity index (χ2n) is 7.29. The number of nitrogens with zero attached hydrogens (tertiary/aromatic N) is 2. The van der Waals surface area contributed by atoms with E-state index < -0.39 is 16.6 Å². The van der Waals surface area contributed by atoms with Gasteiger partial charge in [-0.05, 0) is 45.4 Å². The largest absolute Gasteiger partial charge is 0.484 e. The van der Waals surface area contributed by atoms with Crippen LogP contribution in [0.1, 0.15) is 36.7 Å². The number of nitro groups is 1. The van der Waals surface area contributed by atoms with Gasteiger partial charge in [0, 0.05) is 11.6 Å². The van der Waals surface area contributed by atoms with Gasteiger partial charge in [-0.3, -0.25) is 14.9 Å². The molecule has 8 heteroatoms. The maximum Gasteiger partial charge on any atom is 0.310 e. The van der Waals surface area contributed by atoms with Crippen molar-refractivity contribution in [2.45, 2.75) is 39.3 Å². The molecule has 0 aliphatic heterocycles. The van der Waals surface area contributed by atoms with Crippen molar-refractivity contribution in [3.05, 3.63) is 58.0 Å². The van der Waals surface area contributed by atoms with Crippen LogP contribution in [0.2, 0.25) is 0 Å². The topological polar surface area (TPSA) is 106 Å². The molecule has 0 saturated heterocycles. The Balaban J connectivity index is 2.09. The molecule has 1 heterocycles. The lowest BCUT2D eigenvalue weighted by molar-refractivity contribution is -0.385. The maximum atomic E-state index is 12.7. The van der Waals surface area contributed by atoms with Gasteiger partial charge in [-0.25, -0.2) is 0 Å². The summed E-state index contributed by atoms with van der Waals surface area (Å²) in [5.41, 5.74) is 0.462. The number of nitro benzene ring substituents is 1. The second kappa shape index (κ2) is 8.22. The van der Waals surface area contributed by atoms with E-state index in [0.717, 1.165) is 5.56 Å². The Morgan fingerprint density at radius 3 is 2.63 bits per heavy atom. The van der Waals surface area contributed by atoms with Gasteiger partial charge >= 0.3 is 5.69 Å². The Labute approximate surface area is 157 Å². The molecule has 27 heavy (non-hydrogen) atoms. The fraction of sp³-hybridized carbons (Fsp3) is 0.421. The number of carbonyl (C=O) groups excluding carboxylic acids is 1. The number of amides is 1. The van der Waals surface area contributed by atoms with Crippen LogP contribution in [-0.2, 0) is 0 Å². The summed E-state index contributed by atoms with van der Waals surface area (Å²) < 4.78 is 10.4. The van der Waals surface area contributed by atoms with Crippen LogP contribution in [0.25, 0.3) is 0 Å². The maximum absolute atomic E-state index is 12.7. The van der Waals surface area contributed by atoms with E-state index in [2.05, 4.69) is 0 Å². The molecule has 0 aliphatic carbocycles. The van der Waals surface area contributed by atoms with Gasteiger partial charge in [0.15, 0.2) is 5.75 Å². The molecule has 2 rings (SSSR count). The lowest BCUT2D eigenvalue weighted by Gasteiger charge is -2.36. The number of hydrogen-bond donors (Lipinski definition) is 1. The van der Waals surface area contributed by atoms with Gasteiger partial charge in [0.05, 0.1) is 23.3 Å². The second-order valence-corrected chi connectivity index (χ2v) is 7.29. The molecule has 0 saturated carbocycles. The van der Waals surface area contributed by atoms with Crippen LogP contribution < -0.4 is 4.74 Å². The molecular weight excluding hydrogens is 352 g/mol. The Morgan fingerprint density at radius 1 is 1.37 bits per heavy atom. The Kier molecular flexibility index (Phi) is 6.22. The number of hydrogen-bond acceptors (Lipinski definition) is 6. The van der Waals surface area contributed by atoms with Crippen molar-refractivity contribution < 1.29 is 24.0 Å². The summed E-state index contributed by atoms with van der Waals surface area (Å²) in [7, 11) is 0. The molecule has 0 fully saturated rings. The fourth-order valence-corrected chi connectivity index (χ4v) is 2.54. The first-order chi connectivity index (χ1) is 12.6. The number of benzene rings is 1. The van der Waals surface area contributed by atoms with Gasteiger partial charge in [-0.15, -0.1) is 0 Å². The smallest absolute Gasteiger partial charge is 0.310 e. The molecule has 1 atom stereocenters. The zero-order valence-electron chi connectivity index (χ0n) is 15.8. The molecule has 2 aromatic rings. The number of rotatable bonds is 7. The first-order valence-corrected chi connectivity index (χ1v) is 8.49. The first-order valence-electron chi connectivity index (χ1n) is 8.49. The summed E-state index contributed by atoms with van der Waals surface area (Å²) in [6, 6.07) is 6.08. The summed E-state index contributed by atoms with van der Waals surface area (Å²) in [4.78, 5) is 24.8. The number of aryl methyl sites for hydroxylation is 1. The molecule has 0 spiro atoms. The van der Waals surface area contributed by atoms with Crippen LogP contribution in [0.15, 0.2) is 41.2 Å². The Hall–Kier alpha value is -2.87. The van der Waals surface area contributed by atoms with Gasteiger partial charge in [0.2, 0.25) is 0 Å². The third kappa shape index (κ3) is 5.30. The van der Waals surface area contributed by atoms with Crippen molar-refractivity contribution in [2.75, 3.05) is 13.2 Å². The molecule has 1 N–H and O–H groups in total. The zero-order valence-corrected chi connectivity index (χ0v) is 15.8. The van der Waals surface area contributed by atoms with E-state index in [1.165, 1.54) is 23.5 Å². The van der Waals surface area contributed by atoms with Gasteiger partial charge in [0.25, 0.3) is 5.91 Å². The molecule has 146 valence electrons. The molecule has 1 amide bonds. The summed E-state index contributed by atoms with van der Waals surface area (Å²) >= 11 is 0. The third-order valence-electron chi connectivity index (χ3n) is 3.96. The van der Waals surface area contributed by atoms with Crippen molar-refractivity contribution in [1.82, 2.24) is 4.90 Å². The molecule has 0 aliphatic rings. The standard InChI is InChI=1S/C19H24N2O6/c1-13-5-6-16(21(24)25)17(9-13)27-12-15(22)10-20(19(2,3)4)18(23)14-7-8-26-11-14/h5-9,11,15,22H,10,12H2,1-4H3. The molecule has 1 aromatic carbocycles. The predicted molar refractivity (Wildman–Crippen MR) is 98.8 cm³/mol. The number of aliphatic hydroxyl groups excluding tert-OH is 1. The molecule has 0 radical (unpaired) electrons. The minimum atomic E-state index is -1.03. The normalized spacial score (nSPS) is 12.5. The van der Waals surface area contributed by atoms with Crippen molar-refractivity contribution in [3.63, 3.8) is 0 Å². The van der Waals surface area contributed by atoms with Gasteiger partial charge in [-0.1, -0.05) is 6.07 Å². The highest BCUT2D eigenvalue weighted by atomic mass is 16.6. The van der Waals surface area contributed by atoms with E-state index in [1.54, 1.807) is 25.1 Å². The van der Waals surface area contributed by atoms with Crippen LogP contribution >= 0.6 is 0 Å². The summed E-state index contributed by atoms with van der Waals surface area (Å²) in [5.74, 6) is -0.195. The summed E-state index contributed by atoms with van der Waals surface area (Å²) in [6.07, 6.45) is 1.73. The number of carbonyl (C=O) groups is 1. The molecule has 1 aromatic heterocycles. The third-order valence-corrected chi connectivity index (χ3v) is 3.96. The Bertz CT molecular complexity index is 795. The molecule has 8 nitrogen and oxygen atoms in total. The van der Waals surface area contributed by atoms with Crippen molar-refractivity contribution in [1.29, 1.82) is 0 Å². The monoisotopic (exact) mass is 376 g/mol. The van der Waals surface area contributed by atoms with Crippen molar-refractivity contribution in [2.24, 2.45) is 0 Å². The van der Waals surface area contributed by atoms with E-state index in [0.29, 0.717) is 5.56 Å². The Morgan fingerprint density at radius 2 is 2.07 bits per heavy atom. The average Bonchev–Trinajstić information content (AvgIpc) is 3.10. The highest BCUT2D eigenvalue weighted by Crippen LogP contribution is 2.28. The van der Waals surface area contributed by atoms with E-state index in [4.69, 9.17) is 9.15 Å². The number of furan rings is 1. The van der Waals surface area contributed by atoms with Crippen LogP contribution in [0.4, 0.5) is 5.69 Å². The fourth-order valence-electron chi connectivity index (χ4n) is 2.54. The average molecular weight is 376 g/mol.